The van der Waals surface area contributed by atoms with E-state index in [0.29, 0.717) is 22.8 Å². The Morgan fingerprint density at radius 3 is 2.40 bits per heavy atom. The van der Waals surface area contributed by atoms with Crippen molar-refractivity contribution in [2.75, 3.05) is 14.2 Å². The predicted molar refractivity (Wildman–Crippen MR) is 75.2 cm³/mol. The molecule has 0 aliphatic rings. The number of benzene rings is 1. The summed E-state index contributed by atoms with van der Waals surface area (Å²) in [5.41, 5.74) is 0.621. The minimum absolute atomic E-state index is 0.141. The van der Waals surface area contributed by atoms with Gasteiger partial charge in [-0.3, -0.25) is 0 Å². The predicted octanol–water partition coefficient (Wildman–Crippen LogP) is 3.04. The molecule has 0 fully saturated rings. The zero-order valence-corrected chi connectivity index (χ0v) is 11.9. The highest BCUT2D eigenvalue weighted by Gasteiger charge is 2.15. The normalized spacial score (nSPS) is 10.1. The molecule has 0 bridgehead atoms. The molecule has 0 amide bonds. The summed E-state index contributed by atoms with van der Waals surface area (Å²) in [5.74, 6) is 0.582. The number of rotatable bonds is 6. The second kappa shape index (κ2) is 6.29. The number of methoxy groups -OCH3 is 2. The molecule has 1 N–H and O–H groups in total. The average Bonchev–Trinajstić information content (AvgIpc) is 2.93. The lowest BCUT2D eigenvalue weighted by molar-refractivity contribution is 0.0699. The van der Waals surface area contributed by atoms with E-state index in [1.807, 2.05) is 0 Å². The van der Waals surface area contributed by atoms with E-state index in [0.717, 1.165) is 0 Å². The zero-order chi connectivity index (χ0) is 14.5. The van der Waals surface area contributed by atoms with Crippen LogP contribution in [-0.2, 0) is 6.61 Å². The molecule has 1 aromatic carbocycles. The summed E-state index contributed by atoms with van der Waals surface area (Å²) >= 11 is 1.17. The fourth-order valence-electron chi connectivity index (χ4n) is 1.75. The SMILES string of the molecule is COc1cccc(OC)c1OCc1ccsc1C(=O)O. The molecule has 20 heavy (non-hydrogen) atoms. The van der Waals surface area contributed by atoms with Crippen molar-refractivity contribution in [3.8, 4) is 17.2 Å². The molecule has 5 nitrogen and oxygen atoms in total. The number of para-hydroxylation sites is 1. The summed E-state index contributed by atoms with van der Waals surface area (Å²) in [6.45, 7) is 0.141. The van der Waals surface area contributed by atoms with Gasteiger partial charge in [-0.2, -0.15) is 0 Å². The van der Waals surface area contributed by atoms with Crippen molar-refractivity contribution in [1.82, 2.24) is 0 Å². The number of hydrogen-bond acceptors (Lipinski definition) is 5. The summed E-state index contributed by atoms with van der Waals surface area (Å²) in [6, 6.07) is 7.03. The maximum absolute atomic E-state index is 11.0. The van der Waals surface area contributed by atoms with E-state index in [1.54, 1.807) is 29.6 Å². The third kappa shape index (κ3) is 2.85. The maximum Gasteiger partial charge on any atom is 0.346 e. The summed E-state index contributed by atoms with van der Waals surface area (Å²) in [6.07, 6.45) is 0. The molecule has 0 unspecified atom stereocenters. The molecule has 0 atom stereocenters. The van der Waals surface area contributed by atoms with E-state index in [9.17, 15) is 4.79 Å². The van der Waals surface area contributed by atoms with E-state index in [4.69, 9.17) is 19.3 Å². The van der Waals surface area contributed by atoms with Crippen LogP contribution in [0.1, 0.15) is 15.2 Å². The van der Waals surface area contributed by atoms with E-state index in [1.165, 1.54) is 25.6 Å². The molecule has 2 rings (SSSR count). The number of carbonyl (C=O) groups is 1. The first kappa shape index (κ1) is 14.2. The van der Waals surface area contributed by atoms with E-state index in [2.05, 4.69) is 0 Å². The van der Waals surface area contributed by atoms with Crippen LogP contribution < -0.4 is 14.2 Å². The van der Waals surface area contributed by atoms with Crippen LogP contribution in [0.3, 0.4) is 0 Å². The molecule has 0 aliphatic heterocycles. The van der Waals surface area contributed by atoms with Gasteiger partial charge in [-0.05, 0) is 23.6 Å². The maximum atomic E-state index is 11.0. The van der Waals surface area contributed by atoms with Crippen LogP contribution in [0, 0.1) is 0 Å². The van der Waals surface area contributed by atoms with Crippen LogP contribution >= 0.6 is 11.3 Å². The Morgan fingerprint density at radius 1 is 1.20 bits per heavy atom. The van der Waals surface area contributed by atoms with Crippen molar-refractivity contribution >= 4 is 17.3 Å². The van der Waals surface area contributed by atoms with Crippen molar-refractivity contribution in [3.63, 3.8) is 0 Å². The third-order valence-corrected chi connectivity index (χ3v) is 3.64. The van der Waals surface area contributed by atoms with Crippen molar-refractivity contribution in [3.05, 3.63) is 40.1 Å². The standard InChI is InChI=1S/C14H14O5S/c1-17-10-4-3-5-11(18-2)12(10)19-8-9-6-7-20-13(9)14(15)16/h3-7H,8H2,1-2H3,(H,15,16). The lowest BCUT2D eigenvalue weighted by atomic mass is 10.2. The van der Waals surface area contributed by atoms with Gasteiger partial charge in [-0.15, -0.1) is 11.3 Å². The Labute approximate surface area is 120 Å². The molecule has 0 radical (unpaired) electrons. The number of ether oxygens (including phenoxy) is 3. The van der Waals surface area contributed by atoms with Gasteiger partial charge in [0.25, 0.3) is 0 Å². The van der Waals surface area contributed by atoms with E-state index in [-0.39, 0.29) is 11.5 Å². The van der Waals surface area contributed by atoms with Gasteiger partial charge in [0.2, 0.25) is 5.75 Å². The zero-order valence-electron chi connectivity index (χ0n) is 11.1. The van der Waals surface area contributed by atoms with Crippen LogP contribution in [0.5, 0.6) is 17.2 Å². The number of aromatic carboxylic acids is 1. The number of carboxylic acid groups (broad SMARTS) is 1. The molecule has 0 saturated carbocycles. The van der Waals surface area contributed by atoms with Gasteiger partial charge < -0.3 is 19.3 Å². The fourth-order valence-corrected chi connectivity index (χ4v) is 2.49. The van der Waals surface area contributed by atoms with Gasteiger partial charge in [0.15, 0.2) is 11.5 Å². The molecule has 6 heteroatoms. The van der Waals surface area contributed by atoms with Crippen LogP contribution in [-0.4, -0.2) is 25.3 Å². The van der Waals surface area contributed by atoms with Crippen LogP contribution in [0.4, 0.5) is 0 Å². The van der Waals surface area contributed by atoms with Crippen molar-refractivity contribution in [2.45, 2.75) is 6.61 Å². The van der Waals surface area contributed by atoms with Crippen LogP contribution in [0.15, 0.2) is 29.6 Å². The first-order valence-electron chi connectivity index (χ1n) is 5.80. The fraction of sp³-hybridized carbons (Fsp3) is 0.214. The largest absolute Gasteiger partial charge is 0.493 e. The Bertz CT molecular complexity index is 583. The Balaban J connectivity index is 2.22. The third-order valence-electron chi connectivity index (χ3n) is 2.70. The lowest BCUT2D eigenvalue weighted by Crippen LogP contribution is -2.03. The van der Waals surface area contributed by atoms with E-state index < -0.39 is 5.97 Å². The number of thiophene rings is 1. The minimum atomic E-state index is -0.953. The molecule has 1 heterocycles. The Kier molecular flexibility index (Phi) is 4.47. The smallest absolute Gasteiger partial charge is 0.346 e. The number of hydrogen-bond donors (Lipinski definition) is 1. The van der Waals surface area contributed by atoms with Gasteiger partial charge in [0.05, 0.1) is 14.2 Å². The highest BCUT2D eigenvalue weighted by atomic mass is 32.1. The van der Waals surface area contributed by atoms with Gasteiger partial charge in [-0.1, -0.05) is 6.07 Å². The van der Waals surface area contributed by atoms with Crippen molar-refractivity contribution < 1.29 is 24.1 Å². The van der Waals surface area contributed by atoms with Gasteiger partial charge in [-0.25, -0.2) is 4.79 Å². The summed E-state index contributed by atoms with van der Waals surface area (Å²) in [7, 11) is 3.07. The second-order valence-electron chi connectivity index (χ2n) is 3.86. The molecule has 106 valence electrons. The molecule has 1 aromatic heterocycles. The number of carboxylic acids is 1. The van der Waals surface area contributed by atoms with Gasteiger partial charge in [0.1, 0.15) is 11.5 Å². The van der Waals surface area contributed by atoms with Crippen LogP contribution in [0.25, 0.3) is 0 Å². The minimum Gasteiger partial charge on any atom is -0.493 e. The molecule has 0 saturated heterocycles. The first-order valence-corrected chi connectivity index (χ1v) is 6.68. The van der Waals surface area contributed by atoms with Crippen molar-refractivity contribution in [2.24, 2.45) is 0 Å². The molecular weight excluding hydrogens is 280 g/mol. The highest BCUT2D eigenvalue weighted by Crippen LogP contribution is 2.37. The quantitative estimate of drug-likeness (QED) is 0.887. The lowest BCUT2D eigenvalue weighted by Gasteiger charge is -2.13. The highest BCUT2D eigenvalue weighted by molar-refractivity contribution is 7.12. The van der Waals surface area contributed by atoms with Gasteiger partial charge in [0, 0.05) is 5.56 Å². The Morgan fingerprint density at radius 2 is 1.85 bits per heavy atom. The van der Waals surface area contributed by atoms with E-state index >= 15 is 0 Å². The summed E-state index contributed by atoms with van der Waals surface area (Å²) < 4.78 is 16.1. The molecule has 0 spiro atoms. The molecular formula is C14H14O5S. The molecule has 0 aliphatic carbocycles. The average molecular weight is 294 g/mol. The molecule has 2 aromatic rings. The monoisotopic (exact) mass is 294 g/mol. The van der Waals surface area contributed by atoms with Gasteiger partial charge >= 0.3 is 5.97 Å². The summed E-state index contributed by atoms with van der Waals surface area (Å²) in [5, 5.41) is 10.8. The van der Waals surface area contributed by atoms with Crippen LogP contribution in [0.2, 0.25) is 0 Å². The first-order chi connectivity index (χ1) is 9.67. The Hall–Kier alpha value is -2.21. The topological polar surface area (TPSA) is 65.0 Å². The summed E-state index contributed by atoms with van der Waals surface area (Å²) in [4.78, 5) is 11.3. The van der Waals surface area contributed by atoms with Crippen molar-refractivity contribution in [1.29, 1.82) is 0 Å². The second-order valence-corrected chi connectivity index (χ2v) is 4.78.